The standard InChI is InChI=1S/C18H18ClN5O/c1-11-3-4-12(19)9-15(11)24-18-16(20)17(21-10-22-18)23-13-5-7-14(25-2)8-6-13/h3-10H,20H2,1-2H3,(H2,21,22,23,24). The minimum atomic E-state index is 0.415. The van der Waals surface area contributed by atoms with E-state index in [-0.39, 0.29) is 0 Å². The second kappa shape index (κ2) is 7.27. The van der Waals surface area contributed by atoms with Crippen LogP contribution in [0.3, 0.4) is 0 Å². The first-order chi connectivity index (χ1) is 12.1. The van der Waals surface area contributed by atoms with Crippen LogP contribution in [0.1, 0.15) is 5.56 Å². The van der Waals surface area contributed by atoms with Gasteiger partial charge in [0.25, 0.3) is 0 Å². The highest BCUT2D eigenvalue weighted by Crippen LogP contribution is 2.30. The van der Waals surface area contributed by atoms with Crippen LogP contribution in [0.5, 0.6) is 5.75 Å². The lowest BCUT2D eigenvalue weighted by Crippen LogP contribution is -2.05. The summed E-state index contributed by atoms with van der Waals surface area (Å²) in [7, 11) is 1.63. The van der Waals surface area contributed by atoms with Gasteiger partial charge in [0, 0.05) is 16.4 Å². The van der Waals surface area contributed by atoms with E-state index >= 15 is 0 Å². The summed E-state index contributed by atoms with van der Waals surface area (Å²) in [5.74, 6) is 1.80. The molecule has 0 fully saturated rings. The number of rotatable bonds is 5. The maximum atomic E-state index is 6.22. The molecule has 3 aromatic rings. The van der Waals surface area contributed by atoms with E-state index in [0.29, 0.717) is 22.3 Å². The molecule has 0 radical (unpaired) electrons. The smallest absolute Gasteiger partial charge is 0.159 e. The van der Waals surface area contributed by atoms with Crippen molar-refractivity contribution >= 4 is 40.3 Å². The molecule has 1 heterocycles. The lowest BCUT2D eigenvalue weighted by atomic mass is 10.2. The monoisotopic (exact) mass is 355 g/mol. The number of benzene rings is 2. The van der Waals surface area contributed by atoms with Crippen molar-refractivity contribution in [1.82, 2.24) is 9.97 Å². The molecule has 25 heavy (non-hydrogen) atoms. The molecule has 0 bridgehead atoms. The van der Waals surface area contributed by atoms with E-state index < -0.39 is 0 Å². The van der Waals surface area contributed by atoms with Crippen LogP contribution in [0, 0.1) is 6.92 Å². The largest absolute Gasteiger partial charge is 0.497 e. The molecule has 128 valence electrons. The van der Waals surface area contributed by atoms with Crippen LogP contribution in [0.15, 0.2) is 48.8 Å². The summed E-state index contributed by atoms with van der Waals surface area (Å²) in [6.45, 7) is 1.98. The number of aryl methyl sites for hydroxylation is 1. The number of ether oxygens (including phenoxy) is 1. The Kier molecular flexibility index (Phi) is 4.90. The van der Waals surface area contributed by atoms with E-state index in [2.05, 4.69) is 20.6 Å². The Morgan fingerprint density at radius 1 is 1.00 bits per heavy atom. The van der Waals surface area contributed by atoms with E-state index in [1.165, 1.54) is 6.33 Å². The number of nitrogens with one attached hydrogen (secondary N) is 2. The predicted molar refractivity (Wildman–Crippen MR) is 102 cm³/mol. The number of methoxy groups -OCH3 is 1. The third kappa shape index (κ3) is 3.92. The minimum absolute atomic E-state index is 0.415. The van der Waals surface area contributed by atoms with Gasteiger partial charge in [-0.2, -0.15) is 0 Å². The second-order valence-electron chi connectivity index (χ2n) is 5.42. The SMILES string of the molecule is COc1ccc(Nc2ncnc(Nc3cc(Cl)ccc3C)c2N)cc1. The Morgan fingerprint density at radius 3 is 2.36 bits per heavy atom. The van der Waals surface area contributed by atoms with Gasteiger partial charge in [0.05, 0.1) is 7.11 Å². The maximum absolute atomic E-state index is 6.22. The molecule has 2 aromatic carbocycles. The fraction of sp³-hybridized carbons (Fsp3) is 0.111. The minimum Gasteiger partial charge on any atom is -0.497 e. The molecular formula is C18H18ClN5O. The van der Waals surface area contributed by atoms with Gasteiger partial charge in [-0.25, -0.2) is 9.97 Å². The van der Waals surface area contributed by atoms with Crippen molar-refractivity contribution in [3.8, 4) is 5.75 Å². The van der Waals surface area contributed by atoms with Crippen molar-refractivity contribution in [2.24, 2.45) is 0 Å². The van der Waals surface area contributed by atoms with Gasteiger partial charge >= 0.3 is 0 Å². The normalized spacial score (nSPS) is 10.4. The molecule has 0 amide bonds. The highest BCUT2D eigenvalue weighted by molar-refractivity contribution is 6.30. The molecule has 0 aliphatic heterocycles. The molecule has 3 rings (SSSR count). The number of nitrogens with zero attached hydrogens (tertiary/aromatic N) is 2. The zero-order valence-corrected chi connectivity index (χ0v) is 14.6. The Bertz CT molecular complexity index is 883. The zero-order chi connectivity index (χ0) is 17.8. The van der Waals surface area contributed by atoms with E-state index in [9.17, 15) is 0 Å². The van der Waals surface area contributed by atoms with Crippen LogP contribution in [0.2, 0.25) is 5.02 Å². The first-order valence-electron chi connectivity index (χ1n) is 7.61. The third-order valence-electron chi connectivity index (χ3n) is 3.69. The zero-order valence-electron chi connectivity index (χ0n) is 13.9. The highest BCUT2D eigenvalue weighted by Gasteiger charge is 2.10. The van der Waals surface area contributed by atoms with Crippen molar-refractivity contribution in [3.63, 3.8) is 0 Å². The van der Waals surface area contributed by atoms with Gasteiger partial charge < -0.3 is 21.1 Å². The topological polar surface area (TPSA) is 85.1 Å². The van der Waals surface area contributed by atoms with Crippen LogP contribution in [-0.4, -0.2) is 17.1 Å². The van der Waals surface area contributed by atoms with Crippen molar-refractivity contribution in [2.75, 3.05) is 23.5 Å². The van der Waals surface area contributed by atoms with E-state index in [0.717, 1.165) is 22.7 Å². The van der Waals surface area contributed by atoms with Crippen molar-refractivity contribution in [3.05, 3.63) is 59.4 Å². The van der Waals surface area contributed by atoms with Gasteiger partial charge in [0.2, 0.25) is 0 Å². The van der Waals surface area contributed by atoms with E-state index in [1.807, 2.05) is 49.4 Å². The summed E-state index contributed by atoms with van der Waals surface area (Å²) >= 11 is 6.06. The highest BCUT2D eigenvalue weighted by atomic mass is 35.5. The van der Waals surface area contributed by atoms with Crippen LogP contribution >= 0.6 is 11.6 Å². The lowest BCUT2D eigenvalue weighted by Gasteiger charge is -2.14. The summed E-state index contributed by atoms with van der Waals surface area (Å²) in [5, 5.41) is 7.02. The van der Waals surface area contributed by atoms with Gasteiger partial charge in [-0.05, 0) is 48.9 Å². The van der Waals surface area contributed by atoms with Crippen molar-refractivity contribution in [1.29, 1.82) is 0 Å². The molecule has 0 unspecified atom stereocenters. The summed E-state index contributed by atoms with van der Waals surface area (Å²) in [6, 6.07) is 13.1. The fourth-order valence-corrected chi connectivity index (χ4v) is 2.43. The Morgan fingerprint density at radius 2 is 1.68 bits per heavy atom. The second-order valence-corrected chi connectivity index (χ2v) is 5.86. The molecule has 0 spiro atoms. The first kappa shape index (κ1) is 16.9. The van der Waals surface area contributed by atoms with Gasteiger partial charge in [-0.3, -0.25) is 0 Å². The molecule has 0 saturated heterocycles. The quantitative estimate of drug-likeness (QED) is 0.624. The number of hydrogen-bond donors (Lipinski definition) is 3. The number of aromatic nitrogens is 2. The molecule has 0 aliphatic carbocycles. The fourth-order valence-electron chi connectivity index (χ4n) is 2.26. The molecule has 0 saturated carbocycles. The first-order valence-corrected chi connectivity index (χ1v) is 7.99. The third-order valence-corrected chi connectivity index (χ3v) is 3.92. The summed E-state index contributed by atoms with van der Waals surface area (Å²) in [5.41, 5.74) is 9.35. The summed E-state index contributed by atoms with van der Waals surface area (Å²) in [4.78, 5) is 8.44. The number of nitrogens with two attached hydrogens (primary N) is 1. The predicted octanol–water partition coefficient (Wildman–Crippen LogP) is 4.52. The van der Waals surface area contributed by atoms with Crippen LogP contribution in [0.25, 0.3) is 0 Å². The summed E-state index contributed by atoms with van der Waals surface area (Å²) < 4.78 is 5.15. The number of anilines is 5. The maximum Gasteiger partial charge on any atom is 0.159 e. The average molecular weight is 356 g/mol. The lowest BCUT2D eigenvalue weighted by molar-refractivity contribution is 0.415. The number of halogens is 1. The Balaban J connectivity index is 1.85. The Hall–Kier alpha value is -2.99. The van der Waals surface area contributed by atoms with Gasteiger partial charge in [0.1, 0.15) is 17.8 Å². The summed E-state index contributed by atoms with van der Waals surface area (Å²) in [6.07, 6.45) is 1.45. The number of hydrogen-bond acceptors (Lipinski definition) is 6. The van der Waals surface area contributed by atoms with Gasteiger partial charge in [0.15, 0.2) is 11.6 Å². The van der Waals surface area contributed by atoms with Gasteiger partial charge in [-0.15, -0.1) is 0 Å². The van der Waals surface area contributed by atoms with Crippen molar-refractivity contribution in [2.45, 2.75) is 6.92 Å². The molecule has 0 aliphatic rings. The molecule has 0 atom stereocenters. The van der Waals surface area contributed by atoms with Crippen LogP contribution in [-0.2, 0) is 0 Å². The molecule has 4 N–H and O–H groups in total. The van der Waals surface area contributed by atoms with E-state index in [1.54, 1.807) is 7.11 Å². The molecule has 6 nitrogen and oxygen atoms in total. The van der Waals surface area contributed by atoms with Crippen LogP contribution < -0.4 is 21.1 Å². The van der Waals surface area contributed by atoms with Crippen molar-refractivity contribution < 1.29 is 4.74 Å². The Labute approximate surface area is 151 Å². The molecule has 7 heteroatoms. The average Bonchev–Trinajstić information content (AvgIpc) is 2.62. The molecular weight excluding hydrogens is 338 g/mol. The number of nitrogen functional groups attached to an aromatic ring is 1. The molecule has 1 aromatic heterocycles. The van der Waals surface area contributed by atoms with Crippen LogP contribution in [0.4, 0.5) is 28.7 Å². The van der Waals surface area contributed by atoms with E-state index in [4.69, 9.17) is 22.1 Å². The van der Waals surface area contributed by atoms with Gasteiger partial charge in [-0.1, -0.05) is 17.7 Å².